The van der Waals surface area contributed by atoms with Gasteiger partial charge in [-0.25, -0.2) is 4.39 Å². The van der Waals surface area contributed by atoms with Crippen molar-refractivity contribution in [1.29, 1.82) is 0 Å². The highest BCUT2D eigenvalue weighted by Gasteiger charge is 2.30. The van der Waals surface area contributed by atoms with Crippen LogP contribution in [0.2, 0.25) is 0 Å². The fourth-order valence-corrected chi connectivity index (χ4v) is 1.95. The van der Waals surface area contributed by atoms with Crippen molar-refractivity contribution < 1.29 is 22.7 Å². The maximum Gasteiger partial charge on any atom is 0.416 e. The third-order valence-electron chi connectivity index (χ3n) is 2.96. The molecule has 0 saturated heterocycles. The van der Waals surface area contributed by atoms with Crippen LogP contribution in [0.4, 0.5) is 23.2 Å². The van der Waals surface area contributed by atoms with E-state index in [4.69, 9.17) is 0 Å². The Morgan fingerprint density at radius 3 is 2.38 bits per heavy atom. The second-order valence-corrected chi connectivity index (χ2v) is 4.51. The predicted octanol–water partition coefficient (Wildman–Crippen LogP) is 3.99. The van der Waals surface area contributed by atoms with Crippen LogP contribution in [0.25, 0.3) is 0 Å². The molecule has 2 aromatic rings. The van der Waals surface area contributed by atoms with E-state index in [0.717, 1.165) is 12.1 Å². The van der Waals surface area contributed by atoms with Crippen LogP contribution in [0, 0.1) is 5.82 Å². The molecule has 0 bridgehead atoms. The standard InChI is InChI=1S/C15H13F4NO/c16-12-5-2-6-13(8-12)20-14(9-21)10-3-1-4-11(7-10)15(17,18)19/h1-8,14,20-21H,9H2. The zero-order valence-corrected chi connectivity index (χ0v) is 10.9. The molecule has 0 saturated carbocycles. The van der Waals surface area contributed by atoms with Crippen LogP contribution < -0.4 is 5.32 Å². The Balaban J connectivity index is 2.25. The van der Waals surface area contributed by atoms with Crippen LogP contribution in [0.1, 0.15) is 17.2 Å². The second kappa shape index (κ2) is 6.13. The Bertz CT molecular complexity index is 613. The fraction of sp³-hybridized carbons (Fsp3) is 0.200. The molecule has 0 fully saturated rings. The van der Waals surface area contributed by atoms with Gasteiger partial charge in [0.25, 0.3) is 0 Å². The Morgan fingerprint density at radius 2 is 1.76 bits per heavy atom. The highest BCUT2D eigenvalue weighted by molar-refractivity contribution is 5.46. The van der Waals surface area contributed by atoms with Gasteiger partial charge in [-0.1, -0.05) is 18.2 Å². The monoisotopic (exact) mass is 299 g/mol. The average Bonchev–Trinajstić information content (AvgIpc) is 2.44. The van der Waals surface area contributed by atoms with Crippen molar-refractivity contribution in [2.24, 2.45) is 0 Å². The van der Waals surface area contributed by atoms with Crippen molar-refractivity contribution in [3.05, 3.63) is 65.5 Å². The molecule has 1 unspecified atom stereocenters. The summed E-state index contributed by atoms with van der Waals surface area (Å²) in [6, 6.07) is 9.41. The lowest BCUT2D eigenvalue weighted by molar-refractivity contribution is -0.137. The minimum Gasteiger partial charge on any atom is -0.394 e. The van der Waals surface area contributed by atoms with E-state index < -0.39 is 30.2 Å². The largest absolute Gasteiger partial charge is 0.416 e. The summed E-state index contributed by atoms with van der Waals surface area (Å²) in [7, 11) is 0. The first-order chi connectivity index (χ1) is 9.90. The van der Waals surface area contributed by atoms with Gasteiger partial charge in [-0.2, -0.15) is 13.2 Å². The van der Waals surface area contributed by atoms with Gasteiger partial charge in [0.1, 0.15) is 5.82 Å². The topological polar surface area (TPSA) is 32.3 Å². The second-order valence-electron chi connectivity index (χ2n) is 4.51. The third kappa shape index (κ3) is 3.95. The SMILES string of the molecule is OCC(Nc1cccc(F)c1)c1cccc(C(F)(F)F)c1. The molecule has 0 radical (unpaired) electrons. The van der Waals surface area contributed by atoms with Gasteiger partial charge in [0.15, 0.2) is 0 Å². The van der Waals surface area contributed by atoms with Crippen molar-refractivity contribution in [3.8, 4) is 0 Å². The number of halogens is 4. The number of anilines is 1. The molecule has 1 atom stereocenters. The van der Waals surface area contributed by atoms with Gasteiger partial charge in [0.2, 0.25) is 0 Å². The highest BCUT2D eigenvalue weighted by atomic mass is 19.4. The summed E-state index contributed by atoms with van der Waals surface area (Å²) in [4.78, 5) is 0. The lowest BCUT2D eigenvalue weighted by Crippen LogP contribution is -2.16. The Kier molecular flexibility index (Phi) is 4.47. The maximum absolute atomic E-state index is 13.1. The molecule has 2 aromatic carbocycles. The number of hydrogen-bond donors (Lipinski definition) is 2. The molecule has 0 aliphatic heterocycles. The van der Waals surface area contributed by atoms with Gasteiger partial charge >= 0.3 is 6.18 Å². The number of aliphatic hydroxyl groups excluding tert-OH is 1. The van der Waals surface area contributed by atoms with Gasteiger partial charge in [0.05, 0.1) is 18.2 Å². The van der Waals surface area contributed by atoms with Crippen molar-refractivity contribution in [2.75, 3.05) is 11.9 Å². The molecular formula is C15H13F4NO. The number of alkyl halides is 3. The lowest BCUT2D eigenvalue weighted by Gasteiger charge is -2.19. The van der Waals surface area contributed by atoms with E-state index in [1.165, 1.54) is 30.3 Å². The van der Waals surface area contributed by atoms with E-state index in [2.05, 4.69) is 5.32 Å². The summed E-state index contributed by atoms with van der Waals surface area (Å²) in [6.07, 6.45) is -4.45. The Morgan fingerprint density at radius 1 is 1.05 bits per heavy atom. The van der Waals surface area contributed by atoms with Crippen molar-refractivity contribution in [1.82, 2.24) is 0 Å². The van der Waals surface area contributed by atoms with E-state index in [1.807, 2.05) is 0 Å². The smallest absolute Gasteiger partial charge is 0.394 e. The number of rotatable bonds is 4. The first-order valence-electron chi connectivity index (χ1n) is 6.20. The molecule has 0 spiro atoms. The van der Waals surface area contributed by atoms with Crippen LogP contribution in [-0.2, 0) is 6.18 Å². The molecule has 0 heterocycles. The van der Waals surface area contributed by atoms with Crippen molar-refractivity contribution in [3.63, 3.8) is 0 Å². The van der Waals surface area contributed by atoms with Crippen LogP contribution in [-0.4, -0.2) is 11.7 Å². The van der Waals surface area contributed by atoms with E-state index >= 15 is 0 Å². The first kappa shape index (κ1) is 15.3. The fourth-order valence-electron chi connectivity index (χ4n) is 1.95. The molecule has 21 heavy (non-hydrogen) atoms. The average molecular weight is 299 g/mol. The van der Waals surface area contributed by atoms with E-state index in [1.54, 1.807) is 6.07 Å². The minimum atomic E-state index is -4.45. The molecule has 2 rings (SSSR count). The summed E-state index contributed by atoms with van der Waals surface area (Å²) in [6.45, 7) is -0.419. The highest BCUT2D eigenvalue weighted by Crippen LogP contribution is 2.31. The molecule has 6 heteroatoms. The van der Waals surface area contributed by atoms with Gasteiger partial charge in [0, 0.05) is 5.69 Å². The molecule has 2 nitrogen and oxygen atoms in total. The molecule has 0 aliphatic rings. The first-order valence-corrected chi connectivity index (χ1v) is 6.20. The number of nitrogens with one attached hydrogen (secondary N) is 1. The zero-order valence-electron chi connectivity index (χ0n) is 10.9. The molecular weight excluding hydrogens is 286 g/mol. The zero-order chi connectivity index (χ0) is 15.5. The molecule has 112 valence electrons. The van der Waals surface area contributed by atoms with Crippen molar-refractivity contribution >= 4 is 5.69 Å². The van der Waals surface area contributed by atoms with E-state index in [9.17, 15) is 22.7 Å². The molecule has 0 aliphatic carbocycles. The third-order valence-corrected chi connectivity index (χ3v) is 2.96. The quantitative estimate of drug-likeness (QED) is 0.837. The number of aliphatic hydroxyl groups is 1. The van der Waals surface area contributed by atoms with E-state index in [0.29, 0.717) is 5.69 Å². The van der Waals surface area contributed by atoms with E-state index in [-0.39, 0.29) is 5.56 Å². The molecule has 0 amide bonds. The maximum atomic E-state index is 13.1. The summed E-state index contributed by atoms with van der Waals surface area (Å²) in [5.74, 6) is -0.472. The van der Waals surface area contributed by atoms with Gasteiger partial charge in [-0.3, -0.25) is 0 Å². The van der Waals surface area contributed by atoms with Gasteiger partial charge in [-0.05, 0) is 35.9 Å². The summed E-state index contributed by atoms with van der Waals surface area (Å²) in [5, 5.41) is 12.2. The Labute approximate surface area is 119 Å². The van der Waals surface area contributed by atoms with Gasteiger partial charge in [-0.15, -0.1) is 0 Å². The Hall–Kier alpha value is -2.08. The summed E-state index contributed by atoms with van der Waals surface area (Å²) in [5.41, 5.74) is -0.137. The molecule has 2 N–H and O–H groups in total. The van der Waals surface area contributed by atoms with Crippen LogP contribution in [0.3, 0.4) is 0 Å². The lowest BCUT2D eigenvalue weighted by atomic mass is 10.0. The summed E-state index contributed by atoms with van der Waals surface area (Å²) >= 11 is 0. The normalized spacial score (nSPS) is 13.0. The predicted molar refractivity (Wildman–Crippen MR) is 71.3 cm³/mol. The van der Waals surface area contributed by atoms with Crippen molar-refractivity contribution in [2.45, 2.75) is 12.2 Å². The van der Waals surface area contributed by atoms with Crippen LogP contribution >= 0.6 is 0 Å². The van der Waals surface area contributed by atoms with Gasteiger partial charge < -0.3 is 10.4 Å². The number of hydrogen-bond acceptors (Lipinski definition) is 2. The van der Waals surface area contributed by atoms with Crippen LogP contribution in [0.5, 0.6) is 0 Å². The number of benzene rings is 2. The summed E-state index contributed by atoms with van der Waals surface area (Å²) < 4.78 is 51.1. The minimum absolute atomic E-state index is 0.275. The molecule has 0 aromatic heterocycles. The van der Waals surface area contributed by atoms with Crippen LogP contribution in [0.15, 0.2) is 48.5 Å².